The number of hydrogen-bond donors (Lipinski definition) is 2. The molecule has 2 N–H and O–H groups in total. The lowest BCUT2D eigenvalue weighted by Gasteiger charge is -2.11. The Morgan fingerprint density at radius 1 is 1.09 bits per heavy atom. The molecule has 0 bridgehead atoms. The molecular formula is C23H19IN4O4S. The predicted molar refractivity (Wildman–Crippen MR) is 133 cm³/mol. The number of carboxylic acids is 1. The summed E-state index contributed by atoms with van der Waals surface area (Å²) in [7, 11) is -3.31. The van der Waals surface area contributed by atoms with Gasteiger partial charge in [-0.2, -0.15) is 5.10 Å². The summed E-state index contributed by atoms with van der Waals surface area (Å²) < 4.78 is 25.9. The second kappa shape index (κ2) is 9.32. The zero-order valence-corrected chi connectivity index (χ0v) is 20.4. The van der Waals surface area contributed by atoms with Crippen molar-refractivity contribution in [2.75, 3.05) is 11.6 Å². The van der Waals surface area contributed by atoms with Gasteiger partial charge in [0, 0.05) is 36.3 Å². The van der Waals surface area contributed by atoms with E-state index in [1.807, 2.05) is 59.1 Å². The Balaban J connectivity index is 1.74. The monoisotopic (exact) mass is 574 g/mol. The molecule has 0 aliphatic heterocycles. The smallest absolute Gasteiger partial charge is 0.337 e. The van der Waals surface area contributed by atoms with Gasteiger partial charge in [0.15, 0.2) is 9.84 Å². The normalized spacial score (nSPS) is 11.3. The molecule has 0 saturated heterocycles. The van der Waals surface area contributed by atoms with Crippen LogP contribution in [0, 0.1) is 3.70 Å². The summed E-state index contributed by atoms with van der Waals surface area (Å²) >= 11 is 1.99. The summed E-state index contributed by atoms with van der Waals surface area (Å²) in [5.41, 5.74) is 3.62. The van der Waals surface area contributed by atoms with E-state index in [0.717, 1.165) is 23.1 Å². The van der Waals surface area contributed by atoms with E-state index in [2.05, 4.69) is 10.3 Å². The van der Waals surface area contributed by atoms with E-state index in [9.17, 15) is 18.3 Å². The molecule has 33 heavy (non-hydrogen) atoms. The fourth-order valence-corrected chi connectivity index (χ4v) is 4.59. The SMILES string of the molecule is CS(=O)(=O)c1ccc(-c2nn(-c3ccccc3)cc2CNc2c(C(=O)O)ccnc2I)cc1. The Morgan fingerprint density at radius 2 is 1.79 bits per heavy atom. The molecule has 2 heterocycles. The Bertz CT molecular complexity index is 1420. The highest BCUT2D eigenvalue weighted by atomic mass is 127. The van der Waals surface area contributed by atoms with Crippen LogP contribution < -0.4 is 5.32 Å². The Morgan fingerprint density at radius 3 is 2.42 bits per heavy atom. The van der Waals surface area contributed by atoms with Crippen LogP contribution in [0.2, 0.25) is 0 Å². The summed E-state index contributed by atoms with van der Waals surface area (Å²) in [4.78, 5) is 16.0. The number of rotatable bonds is 7. The van der Waals surface area contributed by atoms with E-state index >= 15 is 0 Å². The van der Waals surface area contributed by atoms with Gasteiger partial charge in [0.1, 0.15) is 3.70 Å². The van der Waals surface area contributed by atoms with Crippen molar-refractivity contribution < 1.29 is 18.3 Å². The fraction of sp³-hybridized carbons (Fsp3) is 0.0870. The van der Waals surface area contributed by atoms with Crippen LogP contribution in [-0.2, 0) is 16.4 Å². The minimum absolute atomic E-state index is 0.129. The van der Waals surface area contributed by atoms with Gasteiger partial charge in [0.2, 0.25) is 0 Å². The Kier molecular flexibility index (Phi) is 6.47. The molecule has 8 nitrogen and oxygen atoms in total. The van der Waals surface area contributed by atoms with Crippen LogP contribution in [-0.4, -0.2) is 40.5 Å². The number of carbonyl (C=O) groups is 1. The van der Waals surface area contributed by atoms with Crippen molar-refractivity contribution >= 4 is 44.1 Å². The number of aromatic carboxylic acids is 1. The zero-order chi connectivity index (χ0) is 23.6. The molecule has 0 radical (unpaired) electrons. The van der Waals surface area contributed by atoms with Gasteiger partial charge in [-0.1, -0.05) is 30.3 Å². The van der Waals surface area contributed by atoms with Crippen LogP contribution in [0.4, 0.5) is 5.69 Å². The van der Waals surface area contributed by atoms with E-state index in [1.165, 1.54) is 12.3 Å². The van der Waals surface area contributed by atoms with Crippen molar-refractivity contribution in [2.24, 2.45) is 0 Å². The third kappa shape index (κ3) is 5.06. The van der Waals surface area contributed by atoms with E-state index < -0.39 is 15.8 Å². The quantitative estimate of drug-likeness (QED) is 0.251. The minimum Gasteiger partial charge on any atom is -0.478 e. The van der Waals surface area contributed by atoms with Crippen molar-refractivity contribution in [1.82, 2.24) is 14.8 Å². The molecule has 10 heteroatoms. The van der Waals surface area contributed by atoms with E-state index in [4.69, 9.17) is 5.10 Å². The number of anilines is 1. The third-order valence-corrected chi connectivity index (χ3v) is 6.90. The lowest BCUT2D eigenvalue weighted by molar-refractivity contribution is 0.0697. The molecule has 2 aromatic carbocycles. The third-order valence-electron chi connectivity index (χ3n) is 4.96. The number of nitrogens with zero attached hydrogens (tertiary/aromatic N) is 3. The van der Waals surface area contributed by atoms with Crippen molar-refractivity contribution in [3.05, 3.63) is 87.9 Å². The van der Waals surface area contributed by atoms with Crippen LogP contribution in [0.3, 0.4) is 0 Å². The first kappa shape index (κ1) is 22.9. The van der Waals surface area contributed by atoms with Gasteiger partial charge in [0.05, 0.1) is 27.5 Å². The molecule has 0 unspecified atom stereocenters. The molecular weight excluding hydrogens is 555 g/mol. The summed E-state index contributed by atoms with van der Waals surface area (Å²) in [6.45, 7) is 0.290. The number of halogens is 1. The average molecular weight is 574 g/mol. The minimum atomic E-state index is -3.31. The van der Waals surface area contributed by atoms with Crippen molar-refractivity contribution in [3.8, 4) is 16.9 Å². The lowest BCUT2D eigenvalue weighted by Crippen LogP contribution is -2.09. The van der Waals surface area contributed by atoms with Crippen molar-refractivity contribution in [2.45, 2.75) is 11.4 Å². The molecule has 4 rings (SSSR count). The first-order valence-electron chi connectivity index (χ1n) is 9.80. The van der Waals surface area contributed by atoms with Gasteiger partial charge < -0.3 is 10.4 Å². The van der Waals surface area contributed by atoms with Gasteiger partial charge in [-0.25, -0.2) is 22.9 Å². The van der Waals surface area contributed by atoms with Crippen LogP contribution in [0.1, 0.15) is 15.9 Å². The maximum absolute atomic E-state index is 11.8. The summed E-state index contributed by atoms with van der Waals surface area (Å²) in [6, 6.07) is 17.6. The van der Waals surface area contributed by atoms with Crippen molar-refractivity contribution in [1.29, 1.82) is 0 Å². The van der Waals surface area contributed by atoms with Gasteiger partial charge in [-0.15, -0.1) is 0 Å². The lowest BCUT2D eigenvalue weighted by atomic mass is 10.1. The maximum atomic E-state index is 11.8. The van der Waals surface area contributed by atoms with Gasteiger partial charge >= 0.3 is 5.97 Å². The van der Waals surface area contributed by atoms with Crippen molar-refractivity contribution in [3.63, 3.8) is 0 Å². The summed E-state index contributed by atoms with van der Waals surface area (Å²) in [6.07, 6.45) is 4.49. The highest BCUT2D eigenvalue weighted by molar-refractivity contribution is 14.1. The molecule has 0 aliphatic rings. The summed E-state index contributed by atoms with van der Waals surface area (Å²) in [5.74, 6) is -1.05. The number of pyridine rings is 1. The first-order chi connectivity index (χ1) is 15.7. The van der Waals surface area contributed by atoms with E-state index in [-0.39, 0.29) is 17.0 Å². The molecule has 4 aromatic rings. The number of sulfone groups is 1. The summed E-state index contributed by atoms with van der Waals surface area (Å²) in [5, 5.41) is 17.4. The van der Waals surface area contributed by atoms with Crippen LogP contribution in [0.5, 0.6) is 0 Å². The molecule has 0 fully saturated rings. The molecule has 0 amide bonds. The molecule has 0 saturated carbocycles. The first-order valence-corrected chi connectivity index (χ1v) is 12.8. The molecule has 2 aromatic heterocycles. The number of aromatic nitrogens is 3. The van der Waals surface area contributed by atoms with Gasteiger partial charge in [-0.3, -0.25) is 0 Å². The molecule has 0 spiro atoms. The van der Waals surface area contributed by atoms with Crippen LogP contribution in [0.15, 0.2) is 78.0 Å². The van der Waals surface area contributed by atoms with Gasteiger partial charge in [0.25, 0.3) is 0 Å². The second-order valence-electron chi connectivity index (χ2n) is 7.26. The Labute approximate surface area is 204 Å². The Hall–Kier alpha value is -3.25. The molecule has 0 atom stereocenters. The number of benzene rings is 2. The fourth-order valence-electron chi connectivity index (χ4n) is 3.32. The number of nitrogens with one attached hydrogen (secondary N) is 1. The predicted octanol–water partition coefficient (Wildman–Crippen LogP) is 4.25. The highest BCUT2D eigenvalue weighted by Gasteiger charge is 2.17. The topological polar surface area (TPSA) is 114 Å². The average Bonchev–Trinajstić information content (AvgIpc) is 3.22. The second-order valence-corrected chi connectivity index (χ2v) is 10.3. The van der Waals surface area contributed by atoms with Crippen LogP contribution in [0.25, 0.3) is 16.9 Å². The molecule has 0 aliphatic carbocycles. The standard InChI is InChI=1S/C23H19IN4O4S/c1-33(31,32)18-9-7-15(8-10-18)20-16(14-28(27-20)17-5-3-2-4-6-17)13-26-21-19(23(29)30)11-12-25-22(21)24/h2-12,14,26H,13H2,1H3,(H,29,30). The molecule has 168 valence electrons. The number of hydrogen-bond acceptors (Lipinski definition) is 6. The van der Waals surface area contributed by atoms with E-state index in [1.54, 1.807) is 28.9 Å². The number of para-hydroxylation sites is 1. The maximum Gasteiger partial charge on any atom is 0.337 e. The zero-order valence-electron chi connectivity index (χ0n) is 17.4. The van der Waals surface area contributed by atoms with Crippen LogP contribution >= 0.6 is 22.6 Å². The number of carboxylic acid groups (broad SMARTS) is 1. The highest BCUT2D eigenvalue weighted by Crippen LogP contribution is 2.28. The van der Waals surface area contributed by atoms with Gasteiger partial charge in [-0.05, 0) is 52.9 Å². The van der Waals surface area contributed by atoms with E-state index in [0.29, 0.717) is 15.1 Å². The largest absolute Gasteiger partial charge is 0.478 e.